The number of alkyl halides is 4. The van der Waals surface area contributed by atoms with Crippen molar-refractivity contribution in [2.45, 2.75) is 22.3 Å². The first-order chi connectivity index (χ1) is 5.56. The van der Waals surface area contributed by atoms with E-state index in [0.29, 0.717) is 0 Å². The average Bonchev–Trinajstić information content (AvgIpc) is 1.97. The fourth-order valence-corrected chi connectivity index (χ4v) is 5.20. The summed E-state index contributed by atoms with van der Waals surface area (Å²) in [6.07, 6.45) is 1.04. The minimum Gasteiger partial charge on any atom is -0.110 e. The molecule has 0 nitrogen and oxygen atoms in total. The number of hydrogen-bond donors (Lipinski definition) is 0. The summed E-state index contributed by atoms with van der Waals surface area (Å²) in [5.41, 5.74) is 2.20. The molecule has 0 aliphatic heterocycles. The molecule has 0 bridgehead atoms. The van der Waals surface area contributed by atoms with E-state index in [1.165, 1.54) is 5.20 Å². The summed E-state index contributed by atoms with van der Waals surface area (Å²) in [5.74, 6) is 0. The average molecular weight is 282 g/mol. The van der Waals surface area contributed by atoms with Crippen LogP contribution in [0.3, 0.4) is 0 Å². The Morgan fingerprint density at radius 2 is 1.83 bits per heavy atom. The van der Waals surface area contributed by atoms with E-state index in [2.05, 4.69) is 12.6 Å². The van der Waals surface area contributed by atoms with Crippen LogP contribution in [-0.4, -0.2) is 28.0 Å². The zero-order valence-corrected chi connectivity index (χ0v) is 12.7. The largest absolute Gasteiger partial charge is 0.110 e. The maximum Gasteiger partial charge on any atom is 0.0952 e. The first-order valence-electron chi connectivity index (χ1n) is 3.80. The predicted octanol–water partition coefficient (Wildman–Crippen LogP) is 2.10. The van der Waals surface area contributed by atoms with Crippen LogP contribution in [0.1, 0.15) is 13.3 Å². The van der Waals surface area contributed by atoms with Gasteiger partial charge in [-0.15, -0.1) is 52.1 Å². The minimum atomic E-state index is -0.474. The Balaban J connectivity index is 3.87. The zero-order chi connectivity index (χ0) is 9.56. The van der Waals surface area contributed by atoms with Crippen LogP contribution in [0.15, 0.2) is 10.9 Å². The van der Waals surface area contributed by atoms with Gasteiger partial charge in [0, 0.05) is 0 Å². The molecular formula is C6H12Cl4Si2. The highest BCUT2D eigenvalue weighted by atomic mass is 35.5. The molecule has 0 aliphatic rings. The maximum absolute atomic E-state index is 5.70. The van der Waals surface area contributed by atoms with Crippen molar-refractivity contribution in [1.29, 1.82) is 0 Å². The van der Waals surface area contributed by atoms with Crippen molar-refractivity contribution >= 4 is 65.4 Å². The molecule has 0 fully saturated rings. The Kier molecular flexibility index (Phi) is 8.57. The van der Waals surface area contributed by atoms with Crippen molar-refractivity contribution in [2.24, 2.45) is 0 Å². The Morgan fingerprint density at radius 1 is 1.25 bits per heavy atom. The molecule has 0 spiro atoms. The van der Waals surface area contributed by atoms with Gasteiger partial charge in [0.1, 0.15) is 0 Å². The van der Waals surface area contributed by atoms with Gasteiger partial charge in [-0.1, -0.05) is 12.1 Å². The molecule has 0 atom stereocenters. The van der Waals surface area contributed by atoms with Crippen molar-refractivity contribution in [1.82, 2.24) is 0 Å². The number of allylic oxidation sites excluding steroid dienone is 1. The third kappa shape index (κ3) is 7.96. The van der Waals surface area contributed by atoms with E-state index in [1.54, 1.807) is 0 Å². The molecule has 12 heavy (non-hydrogen) atoms. The van der Waals surface area contributed by atoms with Crippen molar-refractivity contribution < 1.29 is 0 Å². The van der Waals surface area contributed by atoms with Crippen LogP contribution in [0.4, 0.5) is 0 Å². The van der Waals surface area contributed by atoms with Crippen LogP contribution in [0.5, 0.6) is 0 Å². The summed E-state index contributed by atoms with van der Waals surface area (Å²) in [6, 6.07) is 0. The highest BCUT2D eigenvalue weighted by Gasteiger charge is 2.04. The zero-order valence-electron chi connectivity index (χ0n) is 6.87. The van der Waals surface area contributed by atoms with Crippen molar-refractivity contribution in [3.63, 3.8) is 0 Å². The van der Waals surface area contributed by atoms with Crippen molar-refractivity contribution in [2.75, 3.05) is 0 Å². The van der Waals surface area contributed by atoms with Crippen molar-refractivity contribution in [3.8, 4) is 0 Å². The first kappa shape index (κ1) is 13.3. The lowest BCUT2D eigenvalue weighted by atomic mass is 10.5. The third-order valence-electron chi connectivity index (χ3n) is 1.46. The lowest BCUT2D eigenvalue weighted by molar-refractivity contribution is 1.19. The highest BCUT2D eigenvalue weighted by Crippen LogP contribution is 2.09. The Morgan fingerprint density at radius 3 is 2.17 bits per heavy atom. The normalized spacial score (nSPS) is 15.1. The van der Waals surface area contributed by atoms with Gasteiger partial charge in [0.25, 0.3) is 0 Å². The van der Waals surface area contributed by atoms with Gasteiger partial charge in [-0.05, 0) is 6.42 Å². The Labute approximate surface area is 98.2 Å². The van der Waals surface area contributed by atoms with E-state index in [0.717, 1.165) is 6.42 Å². The Bertz CT molecular complexity index is 146. The minimum absolute atomic E-state index is 0.172. The van der Waals surface area contributed by atoms with E-state index in [-0.39, 0.29) is 8.92 Å². The molecule has 0 saturated heterocycles. The van der Waals surface area contributed by atoms with Gasteiger partial charge in [-0.2, -0.15) is 0 Å². The summed E-state index contributed by atoms with van der Waals surface area (Å²) < 4.78 is -0.348. The maximum atomic E-state index is 5.70. The molecule has 0 radical (unpaired) electrons. The van der Waals surface area contributed by atoms with Gasteiger partial charge >= 0.3 is 0 Å². The molecule has 6 heteroatoms. The standard InChI is InChI=1S/C6H12Cl4Si2/c1-2-4(12-6(9)10)3-11-5(7)8/h3,5-6H,2,11-12H2,1H3. The fourth-order valence-electron chi connectivity index (χ4n) is 0.826. The quantitative estimate of drug-likeness (QED) is 0.535. The predicted molar refractivity (Wildman–Crippen MR) is 66.5 cm³/mol. The molecule has 0 aromatic rings. The van der Waals surface area contributed by atoms with Crippen molar-refractivity contribution in [3.05, 3.63) is 10.9 Å². The molecule has 72 valence electrons. The molecule has 0 saturated carbocycles. The molecule has 0 rings (SSSR count). The second kappa shape index (κ2) is 7.71. The number of halogens is 4. The second-order valence-corrected chi connectivity index (χ2v) is 10.9. The monoisotopic (exact) mass is 280 g/mol. The summed E-state index contributed by atoms with van der Waals surface area (Å²) in [5, 5.41) is 1.41. The molecular weight excluding hydrogens is 270 g/mol. The summed E-state index contributed by atoms with van der Waals surface area (Å²) in [4.78, 5) is 0. The van der Waals surface area contributed by atoms with Crippen LogP contribution < -0.4 is 0 Å². The van der Waals surface area contributed by atoms with E-state index in [9.17, 15) is 0 Å². The summed E-state index contributed by atoms with van der Waals surface area (Å²) >= 11 is 22.7. The lowest BCUT2D eigenvalue weighted by Gasteiger charge is -2.04. The van der Waals surface area contributed by atoms with E-state index >= 15 is 0 Å². The van der Waals surface area contributed by atoms with Crippen LogP contribution in [0, 0.1) is 0 Å². The van der Waals surface area contributed by atoms with E-state index in [4.69, 9.17) is 46.4 Å². The van der Waals surface area contributed by atoms with Gasteiger partial charge in [-0.3, -0.25) is 0 Å². The van der Waals surface area contributed by atoms with Crippen LogP contribution in [-0.2, 0) is 0 Å². The second-order valence-electron chi connectivity index (χ2n) is 2.44. The van der Waals surface area contributed by atoms with Gasteiger partial charge < -0.3 is 0 Å². The van der Waals surface area contributed by atoms with E-state index < -0.39 is 19.0 Å². The first-order valence-corrected chi connectivity index (χ1v) is 8.70. The summed E-state index contributed by atoms with van der Waals surface area (Å²) in [6.45, 7) is 2.11. The Hall–Kier alpha value is 1.33. The highest BCUT2D eigenvalue weighted by molar-refractivity contribution is 6.75. The molecule has 0 amide bonds. The van der Waals surface area contributed by atoms with Gasteiger partial charge in [-0.25, -0.2) is 0 Å². The fraction of sp³-hybridized carbons (Fsp3) is 0.667. The molecule has 0 aromatic heterocycles. The van der Waals surface area contributed by atoms with Crippen LogP contribution >= 0.6 is 46.4 Å². The SMILES string of the molecule is CCC(=C[SiH2]C(Cl)Cl)[SiH2]C(Cl)Cl. The molecule has 0 aliphatic carbocycles. The van der Waals surface area contributed by atoms with Crippen LogP contribution in [0.25, 0.3) is 0 Å². The smallest absolute Gasteiger partial charge is 0.0952 e. The molecule has 0 aromatic carbocycles. The van der Waals surface area contributed by atoms with E-state index in [1.807, 2.05) is 0 Å². The summed E-state index contributed by atoms with van der Waals surface area (Å²) in [7, 11) is -0.943. The molecule has 0 unspecified atom stereocenters. The lowest BCUT2D eigenvalue weighted by Crippen LogP contribution is -2.08. The van der Waals surface area contributed by atoms with Gasteiger partial charge in [0.05, 0.1) is 28.0 Å². The third-order valence-corrected chi connectivity index (χ3v) is 6.82. The topological polar surface area (TPSA) is 0 Å². The van der Waals surface area contributed by atoms with Crippen LogP contribution in [0.2, 0.25) is 0 Å². The van der Waals surface area contributed by atoms with Gasteiger partial charge in [0.15, 0.2) is 0 Å². The number of hydrogen-bond acceptors (Lipinski definition) is 0. The molecule has 0 heterocycles. The number of rotatable bonds is 5. The molecule has 0 N–H and O–H groups in total. The van der Waals surface area contributed by atoms with Gasteiger partial charge in [0.2, 0.25) is 0 Å².